The largest absolute Gasteiger partial charge is 0.490 e. The number of halogens is 2. The number of fused-ring (bicyclic) bond motifs is 1. The quantitative estimate of drug-likeness (QED) is 0.140. The fourth-order valence-corrected chi connectivity index (χ4v) is 4.29. The van der Waals surface area contributed by atoms with Gasteiger partial charge in [0.1, 0.15) is 6.61 Å². The normalized spacial score (nSPS) is 11.0. The second-order valence-corrected chi connectivity index (χ2v) is 9.04. The topological polar surface area (TPSA) is 59.9 Å². The Labute approximate surface area is 216 Å². The number of hydrogen-bond donors (Lipinski definition) is 1. The third kappa shape index (κ3) is 6.07. The number of benzene rings is 4. The predicted molar refractivity (Wildman–Crippen MR) is 145 cm³/mol. The van der Waals surface area contributed by atoms with Crippen LogP contribution in [0.1, 0.15) is 28.4 Å². The first kappa shape index (κ1) is 24.0. The minimum Gasteiger partial charge on any atom is -0.490 e. The zero-order valence-corrected chi connectivity index (χ0v) is 21.3. The molecule has 1 amide bonds. The Morgan fingerprint density at radius 3 is 2.53 bits per heavy atom. The molecule has 4 aromatic carbocycles. The number of hydrogen-bond acceptors (Lipinski definition) is 4. The van der Waals surface area contributed by atoms with Gasteiger partial charge in [-0.15, -0.1) is 0 Å². The van der Waals surface area contributed by atoms with Crippen molar-refractivity contribution >= 4 is 57.1 Å². The zero-order valence-electron chi connectivity index (χ0n) is 18.4. The van der Waals surface area contributed by atoms with Crippen molar-refractivity contribution in [2.75, 3.05) is 6.61 Å². The Bertz CT molecular complexity index is 1340. The molecule has 0 bridgehead atoms. The summed E-state index contributed by atoms with van der Waals surface area (Å²) in [6, 6.07) is 24.9. The number of amides is 1. The van der Waals surface area contributed by atoms with Crippen LogP contribution in [0.2, 0.25) is 5.02 Å². The summed E-state index contributed by atoms with van der Waals surface area (Å²) in [6.07, 6.45) is 1.58. The smallest absolute Gasteiger partial charge is 0.271 e. The summed E-state index contributed by atoms with van der Waals surface area (Å²) < 4.78 is 12.9. The van der Waals surface area contributed by atoms with Crippen molar-refractivity contribution in [3.05, 3.63) is 104 Å². The predicted octanol–water partition coefficient (Wildman–Crippen LogP) is 6.84. The first-order valence-electron chi connectivity index (χ1n) is 10.7. The highest BCUT2D eigenvalue weighted by atomic mass is 127. The van der Waals surface area contributed by atoms with E-state index in [4.69, 9.17) is 21.1 Å². The summed E-state index contributed by atoms with van der Waals surface area (Å²) in [4.78, 5) is 12.2. The number of rotatable bonds is 8. The van der Waals surface area contributed by atoms with Gasteiger partial charge in [0, 0.05) is 10.6 Å². The van der Waals surface area contributed by atoms with Crippen molar-refractivity contribution in [1.82, 2.24) is 5.43 Å². The van der Waals surface area contributed by atoms with Gasteiger partial charge in [-0.3, -0.25) is 4.79 Å². The molecule has 4 rings (SSSR count). The maximum absolute atomic E-state index is 12.2. The molecule has 0 aliphatic rings. The van der Waals surface area contributed by atoms with Gasteiger partial charge < -0.3 is 9.47 Å². The molecule has 0 saturated heterocycles. The molecule has 0 aromatic heterocycles. The van der Waals surface area contributed by atoms with E-state index in [1.165, 1.54) is 10.8 Å². The van der Waals surface area contributed by atoms with Crippen molar-refractivity contribution < 1.29 is 14.3 Å². The lowest BCUT2D eigenvalue weighted by Crippen LogP contribution is -2.17. The number of nitrogens with one attached hydrogen (secondary N) is 1. The van der Waals surface area contributed by atoms with E-state index in [-0.39, 0.29) is 5.91 Å². The lowest BCUT2D eigenvalue weighted by molar-refractivity contribution is 0.0955. The van der Waals surface area contributed by atoms with Crippen LogP contribution in [-0.4, -0.2) is 18.7 Å². The fraction of sp³-hybridized carbons (Fsp3) is 0.111. The van der Waals surface area contributed by atoms with E-state index < -0.39 is 0 Å². The summed E-state index contributed by atoms with van der Waals surface area (Å²) in [5, 5.41) is 7.02. The van der Waals surface area contributed by atoms with E-state index in [0.29, 0.717) is 35.3 Å². The summed E-state index contributed by atoms with van der Waals surface area (Å²) in [5.41, 5.74) is 4.86. The molecule has 0 spiro atoms. The van der Waals surface area contributed by atoms with E-state index in [2.05, 4.69) is 63.4 Å². The summed E-state index contributed by atoms with van der Waals surface area (Å²) in [7, 11) is 0. The Hall–Kier alpha value is -3.10. The van der Waals surface area contributed by atoms with Crippen molar-refractivity contribution in [3.8, 4) is 11.5 Å². The van der Waals surface area contributed by atoms with E-state index in [9.17, 15) is 4.79 Å². The summed E-state index contributed by atoms with van der Waals surface area (Å²) >= 11 is 8.08. The van der Waals surface area contributed by atoms with Crippen molar-refractivity contribution in [3.63, 3.8) is 0 Å². The van der Waals surface area contributed by atoms with Crippen LogP contribution >= 0.6 is 34.2 Å². The van der Waals surface area contributed by atoms with E-state index in [1.54, 1.807) is 30.5 Å². The number of carbonyl (C=O) groups is 1. The molecule has 0 unspecified atom stereocenters. The van der Waals surface area contributed by atoms with Crippen molar-refractivity contribution in [2.45, 2.75) is 13.5 Å². The molecule has 34 heavy (non-hydrogen) atoms. The maximum Gasteiger partial charge on any atom is 0.271 e. The number of ether oxygens (including phenoxy) is 2. The Morgan fingerprint density at radius 2 is 1.76 bits per heavy atom. The Kier molecular flexibility index (Phi) is 8.03. The van der Waals surface area contributed by atoms with Gasteiger partial charge in [0.15, 0.2) is 11.5 Å². The monoisotopic (exact) mass is 584 g/mol. The average Bonchev–Trinajstić information content (AvgIpc) is 2.84. The number of carbonyl (C=O) groups excluding carboxylic acids is 1. The van der Waals surface area contributed by atoms with Gasteiger partial charge in [-0.25, -0.2) is 5.43 Å². The molecule has 0 aliphatic heterocycles. The van der Waals surface area contributed by atoms with Crippen LogP contribution in [0.3, 0.4) is 0 Å². The van der Waals surface area contributed by atoms with Gasteiger partial charge >= 0.3 is 0 Å². The minimum absolute atomic E-state index is 0.317. The molecule has 0 heterocycles. The van der Waals surface area contributed by atoms with Crippen molar-refractivity contribution in [1.29, 1.82) is 0 Å². The molecule has 0 aliphatic carbocycles. The van der Waals surface area contributed by atoms with Crippen LogP contribution in [0.4, 0.5) is 0 Å². The SMILES string of the molecule is CCOc1cc(/C=N/NC(=O)c2ccc(Cl)cc2)cc(I)c1OCc1ccc2ccccc2c1. The molecular weight excluding hydrogens is 563 g/mol. The Balaban J connectivity index is 1.47. The van der Waals surface area contributed by atoms with Crippen LogP contribution in [0, 0.1) is 3.57 Å². The number of hydrazone groups is 1. The van der Waals surface area contributed by atoms with E-state index in [0.717, 1.165) is 14.7 Å². The lowest BCUT2D eigenvalue weighted by Gasteiger charge is -2.15. The van der Waals surface area contributed by atoms with Crippen LogP contribution in [-0.2, 0) is 6.61 Å². The van der Waals surface area contributed by atoms with Gasteiger partial charge in [0.05, 0.1) is 16.4 Å². The van der Waals surface area contributed by atoms with E-state index >= 15 is 0 Å². The highest BCUT2D eigenvalue weighted by molar-refractivity contribution is 14.1. The van der Waals surface area contributed by atoms with Crippen LogP contribution < -0.4 is 14.9 Å². The van der Waals surface area contributed by atoms with Crippen LogP contribution in [0.25, 0.3) is 10.8 Å². The molecule has 5 nitrogen and oxygen atoms in total. The maximum atomic E-state index is 12.2. The van der Waals surface area contributed by atoms with Gasteiger partial charge in [0.25, 0.3) is 5.91 Å². The van der Waals surface area contributed by atoms with Gasteiger partial charge in [-0.2, -0.15) is 5.10 Å². The highest BCUT2D eigenvalue weighted by Gasteiger charge is 2.13. The average molecular weight is 585 g/mol. The van der Waals surface area contributed by atoms with Crippen LogP contribution in [0.5, 0.6) is 11.5 Å². The molecule has 0 saturated carbocycles. The zero-order chi connectivity index (χ0) is 23.9. The summed E-state index contributed by atoms with van der Waals surface area (Å²) in [5.74, 6) is 0.988. The standard InChI is InChI=1S/C27H22ClIN2O3/c1-2-33-25-15-19(16-30-31-27(32)21-9-11-23(28)12-10-21)14-24(29)26(25)34-17-18-7-8-20-5-3-4-6-22(20)13-18/h3-16H,2,17H2,1H3,(H,31,32)/b30-16+. The van der Waals surface area contributed by atoms with Crippen molar-refractivity contribution in [2.24, 2.45) is 5.10 Å². The second kappa shape index (κ2) is 11.4. The lowest BCUT2D eigenvalue weighted by atomic mass is 10.1. The molecule has 0 fully saturated rings. The fourth-order valence-electron chi connectivity index (χ4n) is 3.38. The number of nitrogens with zero attached hydrogens (tertiary/aromatic N) is 1. The molecule has 4 aromatic rings. The first-order chi connectivity index (χ1) is 16.5. The minimum atomic E-state index is -0.317. The summed E-state index contributed by atoms with van der Waals surface area (Å²) in [6.45, 7) is 2.84. The second-order valence-electron chi connectivity index (χ2n) is 7.44. The Morgan fingerprint density at radius 1 is 1.00 bits per heavy atom. The molecule has 172 valence electrons. The van der Waals surface area contributed by atoms with Gasteiger partial charge in [-0.05, 0) is 93.9 Å². The third-order valence-electron chi connectivity index (χ3n) is 5.01. The van der Waals surface area contributed by atoms with Gasteiger partial charge in [0.2, 0.25) is 0 Å². The molecule has 0 radical (unpaired) electrons. The third-order valence-corrected chi connectivity index (χ3v) is 6.07. The molecule has 7 heteroatoms. The highest BCUT2D eigenvalue weighted by Crippen LogP contribution is 2.34. The first-order valence-corrected chi connectivity index (χ1v) is 12.1. The van der Waals surface area contributed by atoms with Crippen LogP contribution in [0.15, 0.2) is 84.0 Å². The molecule has 0 atom stereocenters. The molecule has 1 N–H and O–H groups in total. The van der Waals surface area contributed by atoms with E-state index in [1.807, 2.05) is 31.2 Å². The van der Waals surface area contributed by atoms with Gasteiger partial charge in [-0.1, -0.05) is 48.0 Å². The molecular formula is C27H22ClIN2O3.